The number of nitrogens with zero attached hydrogens (tertiary/aromatic N) is 1. The molecule has 0 aliphatic carbocycles. The molecule has 4 rings (SSSR count). The van der Waals surface area contributed by atoms with Crippen molar-refractivity contribution in [3.63, 3.8) is 0 Å². The molecule has 0 radical (unpaired) electrons. The maximum Gasteiger partial charge on any atom is 0.323 e. The number of rotatable bonds is 4. The first kappa shape index (κ1) is 20.1. The molecule has 0 bridgehead atoms. The molecule has 1 aliphatic rings. The van der Waals surface area contributed by atoms with Crippen molar-refractivity contribution in [3.8, 4) is 5.75 Å². The summed E-state index contributed by atoms with van der Waals surface area (Å²) in [7, 11) is 0. The summed E-state index contributed by atoms with van der Waals surface area (Å²) in [5.41, 5.74) is 2.51. The summed E-state index contributed by atoms with van der Waals surface area (Å²) in [6, 6.07) is 18.8. The third-order valence-corrected chi connectivity index (χ3v) is 5.17. The summed E-state index contributed by atoms with van der Waals surface area (Å²) < 4.78 is 5.54. The van der Waals surface area contributed by atoms with Gasteiger partial charge in [0.15, 0.2) is 6.61 Å². The van der Waals surface area contributed by atoms with E-state index in [4.69, 9.17) is 27.9 Å². The first-order valence-corrected chi connectivity index (χ1v) is 9.89. The van der Waals surface area contributed by atoms with E-state index in [-0.39, 0.29) is 12.5 Å². The average Bonchev–Trinajstić information content (AvgIpc) is 2.73. The van der Waals surface area contributed by atoms with Crippen LogP contribution in [0.2, 0.25) is 10.0 Å². The van der Waals surface area contributed by atoms with Crippen molar-refractivity contribution in [2.75, 3.05) is 22.1 Å². The summed E-state index contributed by atoms with van der Waals surface area (Å²) in [5.74, 6) is 0.371. The van der Waals surface area contributed by atoms with Crippen LogP contribution in [0.1, 0.15) is 5.56 Å². The molecule has 152 valence electrons. The normalized spacial score (nSPS) is 12.7. The van der Waals surface area contributed by atoms with Crippen molar-refractivity contribution in [2.45, 2.75) is 6.54 Å². The van der Waals surface area contributed by atoms with Crippen molar-refractivity contribution in [1.82, 2.24) is 0 Å². The lowest BCUT2D eigenvalue weighted by atomic mass is 10.1. The Labute approximate surface area is 183 Å². The van der Waals surface area contributed by atoms with Gasteiger partial charge >= 0.3 is 6.03 Å². The van der Waals surface area contributed by atoms with Crippen LogP contribution in [0.25, 0.3) is 0 Å². The Kier molecular flexibility index (Phi) is 5.79. The van der Waals surface area contributed by atoms with Crippen molar-refractivity contribution in [3.05, 3.63) is 82.3 Å². The first-order valence-electron chi connectivity index (χ1n) is 9.14. The molecule has 8 heteroatoms. The van der Waals surface area contributed by atoms with Crippen LogP contribution >= 0.6 is 23.2 Å². The number of carbonyl (C=O) groups is 2. The van der Waals surface area contributed by atoms with Gasteiger partial charge in [0.25, 0.3) is 5.91 Å². The molecule has 0 saturated heterocycles. The van der Waals surface area contributed by atoms with Crippen LogP contribution in [0.4, 0.5) is 21.9 Å². The van der Waals surface area contributed by atoms with Crippen LogP contribution in [-0.2, 0) is 11.3 Å². The van der Waals surface area contributed by atoms with E-state index < -0.39 is 6.03 Å². The number of amides is 3. The lowest BCUT2D eigenvalue weighted by molar-refractivity contribution is -0.121. The highest BCUT2D eigenvalue weighted by atomic mass is 35.5. The number of nitrogens with one attached hydrogen (secondary N) is 2. The molecule has 1 heterocycles. The van der Waals surface area contributed by atoms with E-state index in [1.165, 1.54) is 0 Å². The quantitative estimate of drug-likeness (QED) is 0.556. The highest BCUT2D eigenvalue weighted by Gasteiger charge is 2.26. The second kappa shape index (κ2) is 8.65. The molecule has 0 unspecified atom stereocenters. The van der Waals surface area contributed by atoms with Gasteiger partial charge in [-0.3, -0.25) is 4.79 Å². The van der Waals surface area contributed by atoms with E-state index in [9.17, 15) is 9.59 Å². The zero-order valence-corrected chi connectivity index (χ0v) is 17.2. The highest BCUT2D eigenvalue weighted by molar-refractivity contribution is 6.31. The minimum atomic E-state index is -0.419. The minimum Gasteiger partial charge on any atom is -0.482 e. The fourth-order valence-electron chi connectivity index (χ4n) is 3.08. The number of hydrogen-bond donors (Lipinski definition) is 2. The van der Waals surface area contributed by atoms with Crippen molar-refractivity contribution in [2.24, 2.45) is 0 Å². The number of ether oxygens (including phenoxy) is 1. The molecule has 3 aromatic rings. The second-order valence-electron chi connectivity index (χ2n) is 6.63. The number of carbonyl (C=O) groups excluding carboxylic acids is 2. The van der Waals surface area contributed by atoms with E-state index in [0.717, 1.165) is 5.56 Å². The van der Waals surface area contributed by atoms with Crippen LogP contribution in [0.3, 0.4) is 0 Å². The van der Waals surface area contributed by atoms with Crippen LogP contribution in [0.5, 0.6) is 5.75 Å². The smallest absolute Gasteiger partial charge is 0.323 e. The van der Waals surface area contributed by atoms with Crippen LogP contribution in [0.15, 0.2) is 66.7 Å². The number of hydrogen-bond acceptors (Lipinski definition) is 3. The minimum absolute atomic E-state index is 0.0543. The Balaban J connectivity index is 1.54. The summed E-state index contributed by atoms with van der Waals surface area (Å²) in [5, 5.41) is 6.65. The molecular formula is C22H17Cl2N3O3. The molecule has 0 fully saturated rings. The SMILES string of the molecule is O=C(Nc1ccc(Cl)cc1)Nc1ccc2c(c1)N(Cc1ccccc1Cl)C(=O)CO2. The van der Waals surface area contributed by atoms with Gasteiger partial charge in [0.1, 0.15) is 5.75 Å². The molecule has 3 amide bonds. The van der Waals surface area contributed by atoms with Gasteiger partial charge in [-0.05, 0) is 54.1 Å². The lowest BCUT2D eigenvalue weighted by Crippen LogP contribution is -2.38. The van der Waals surface area contributed by atoms with Crippen LogP contribution in [-0.4, -0.2) is 18.5 Å². The van der Waals surface area contributed by atoms with Gasteiger partial charge in [-0.2, -0.15) is 0 Å². The van der Waals surface area contributed by atoms with Gasteiger partial charge < -0.3 is 20.3 Å². The van der Waals surface area contributed by atoms with Gasteiger partial charge in [-0.15, -0.1) is 0 Å². The van der Waals surface area contributed by atoms with E-state index in [1.54, 1.807) is 53.4 Å². The monoisotopic (exact) mass is 441 g/mol. The Hall–Kier alpha value is -3.22. The molecule has 6 nitrogen and oxygen atoms in total. The first-order chi connectivity index (χ1) is 14.5. The highest BCUT2D eigenvalue weighted by Crippen LogP contribution is 2.36. The summed E-state index contributed by atoms with van der Waals surface area (Å²) in [6.07, 6.45) is 0. The van der Waals surface area contributed by atoms with Crippen LogP contribution < -0.4 is 20.3 Å². The second-order valence-corrected chi connectivity index (χ2v) is 7.47. The molecule has 3 aromatic carbocycles. The third-order valence-electron chi connectivity index (χ3n) is 4.55. The molecule has 1 aliphatic heterocycles. The van der Waals surface area contributed by atoms with E-state index in [0.29, 0.717) is 39.4 Å². The molecule has 30 heavy (non-hydrogen) atoms. The fraction of sp³-hybridized carbons (Fsp3) is 0.0909. The Morgan fingerprint density at radius 2 is 1.67 bits per heavy atom. The molecule has 2 N–H and O–H groups in total. The van der Waals surface area contributed by atoms with E-state index in [1.807, 2.05) is 18.2 Å². The summed E-state index contributed by atoms with van der Waals surface area (Å²) in [4.78, 5) is 26.5. The maximum absolute atomic E-state index is 12.5. The van der Waals surface area contributed by atoms with E-state index >= 15 is 0 Å². The van der Waals surface area contributed by atoms with Crippen molar-refractivity contribution >= 4 is 52.2 Å². The predicted octanol–water partition coefficient (Wildman–Crippen LogP) is 5.56. The van der Waals surface area contributed by atoms with Gasteiger partial charge in [-0.1, -0.05) is 41.4 Å². The zero-order valence-electron chi connectivity index (χ0n) is 15.7. The van der Waals surface area contributed by atoms with Gasteiger partial charge in [0.05, 0.1) is 12.2 Å². The van der Waals surface area contributed by atoms with Crippen molar-refractivity contribution in [1.29, 1.82) is 0 Å². The Bertz CT molecular complexity index is 1100. The average molecular weight is 442 g/mol. The summed E-state index contributed by atoms with van der Waals surface area (Å²) in [6.45, 7) is 0.247. The number of urea groups is 1. The molecule has 0 atom stereocenters. The molecule has 0 aromatic heterocycles. The van der Waals surface area contributed by atoms with Gasteiger partial charge in [0.2, 0.25) is 0 Å². The zero-order chi connectivity index (χ0) is 21.1. The number of fused-ring (bicyclic) bond motifs is 1. The van der Waals surface area contributed by atoms with Gasteiger partial charge in [-0.25, -0.2) is 4.79 Å². The Morgan fingerprint density at radius 3 is 2.43 bits per heavy atom. The Morgan fingerprint density at radius 1 is 0.967 bits per heavy atom. The number of benzene rings is 3. The maximum atomic E-state index is 12.5. The van der Waals surface area contributed by atoms with Gasteiger partial charge in [0, 0.05) is 21.4 Å². The fourth-order valence-corrected chi connectivity index (χ4v) is 3.40. The third kappa shape index (κ3) is 4.50. The largest absolute Gasteiger partial charge is 0.482 e. The van der Waals surface area contributed by atoms with Crippen LogP contribution in [0, 0.1) is 0 Å². The molecule has 0 saturated carbocycles. The number of halogens is 2. The lowest BCUT2D eigenvalue weighted by Gasteiger charge is -2.30. The van der Waals surface area contributed by atoms with E-state index in [2.05, 4.69) is 10.6 Å². The molecule has 0 spiro atoms. The van der Waals surface area contributed by atoms with Crippen molar-refractivity contribution < 1.29 is 14.3 Å². The molecular weight excluding hydrogens is 425 g/mol. The summed E-state index contributed by atoms with van der Waals surface area (Å²) >= 11 is 12.1. The number of anilines is 3. The predicted molar refractivity (Wildman–Crippen MR) is 119 cm³/mol. The topological polar surface area (TPSA) is 70.7 Å². The standard InChI is InChI=1S/C22H17Cl2N3O3/c23-15-5-7-16(8-6-15)25-22(29)26-17-9-10-20-19(11-17)27(21(28)13-30-20)12-14-3-1-2-4-18(14)24/h1-11H,12-13H2,(H2,25,26,29).